The van der Waals surface area contributed by atoms with Crippen molar-refractivity contribution in [1.82, 2.24) is 0 Å². The second-order valence-corrected chi connectivity index (χ2v) is 8.03. The van der Waals surface area contributed by atoms with Crippen LogP contribution in [0.25, 0.3) is 6.08 Å². The Balaban J connectivity index is 1.36. The number of unbranched alkanes of at least 4 members (excludes halogenated alkanes) is 3. The van der Waals surface area contributed by atoms with E-state index in [0.29, 0.717) is 28.9 Å². The summed E-state index contributed by atoms with van der Waals surface area (Å²) in [6.45, 7) is 0. The van der Waals surface area contributed by atoms with Crippen LogP contribution in [-0.2, 0) is 6.42 Å². The molecule has 0 aliphatic heterocycles. The summed E-state index contributed by atoms with van der Waals surface area (Å²) < 4.78 is 0. The molecule has 0 unspecified atom stereocenters. The lowest BCUT2D eigenvalue weighted by Gasteiger charge is -2.05. The molecule has 0 radical (unpaired) electrons. The van der Waals surface area contributed by atoms with Crippen molar-refractivity contribution in [3.05, 3.63) is 101 Å². The van der Waals surface area contributed by atoms with E-state index in [1.807, 2.05) is 60.7 Å². The van der Waals surface area contributed by atoms with Crippen molar-refractivity contribution in [3.63, 3.8) is 0 Å². The van der Waals surface area contributed by atoms with Gasteiger partial charge in [0.1, 0.15) is 0 Å². The molecule has 0 amide bonds. The van der Waals surface area contributed by atoms with Gasteiger partial charge in [0, 0.05) is 28.9 Å². The van der Waals surface area contributed by atoms with Crippen LogP contribution in [0.4, 0.5) is 11.4 Å². The Morgan fingerprint density at radius 1 is 0.719 bits per heavy atom. The highest BCUT2D eigenvalue weighted by molar-refractivity contribution is 6.06. The smallest absolute Gasteiger partial charge is 0.185 e. The number of carbonyl (C=O) groups excluding carboxylic acids is 2. The van der Waals surface area contributed by atoms with E-state index in [1.54, 1.807) is 24.3 Å². The Morgan fingerprint density at radius 2 is 1.38 bits per heavy atom. The summed E-state index contributed by atoms with van der Waals surface area (Å²) in [6.07, 6.45) is 8.91. The number of benzene rings is 3. The lowest BCUT2D eigenvalue weighted by Crippen LogP contribution is -2.02. The van der Waals surface area contributed by atoms with Crippen LogP contribution in [-0.4, -0.2) is 11.6 Å². The number of rotatable bonds is 11. The molecule has 0 atom stereocenters. The molecule has 4 heteroatoms. The third-order valence-electron chi connectivity index (χ3n) is 5.38. The minimum Gasteiger partial charge on any atom is -0.399 e. The van der Waals surface area contributed by atoms with Gasteiger partial charge in [-0.3, -0.25) is 9.59 Å². The standard InChI is InChI=1S/C28H30N2O2/c29-25-18-24(19-26(30)20-25)27(31)11-7-2-1-4-10-22-12-15-23(16-13-22)28(32)17-14-21-8-5-3-6-9-21/h3,5-6,8-9,12-20H,1-2,4,7,10-11,29-30H2. The molecule has 3 rings (SSSR count). The molecule has 0 saturated carbocycles. The highest BCUT2D eigenvalue weighted by atomic mass is 16.1. The number of allylic oxidation sites excluding steroid dienone is 1. The number of nitrogen functional groups attached to an aromatic ring is 2. The Kier molecular flexibility index (Phi) is 8.38. The van der Waals surface area contributed by atoms with Gasteiger partial charge in [0.05, 0.1) is 0 Å². The number of ketones is 2. The van der Waals surface area contributed by atoms with E-state index in [-0.39, 0.29) is 11.6 Å². The Bertz CT molecular complexity index is 1050. The molecule has 0 saturated heterocycles. The van der Waals surface area contributed by atoms with E-state index in [0.717, 1.165) is 37.7 Å². The Morgan fingerprint density at radius 3 is 2.06 bits per heavy atom. The summed E-state index contributed by atoms with van der Waals surface area (Å²) in [5.74, 6) is 0.0950. The van der Waals surface area contributed by atoms with Gasteiger partial charge in [0.2, 0.25) is 0 Å². The number of hydrogen-bond donors (Lipinski definition) is 2. The summed E-state index contributed by atoms with van der Waals surface area (Å²) in [7, 11) is 0. The number of anilines is 2. The van der Waals surface area contributed by atoms with E-state index in [1.165, 1.54) is 5.56 Å². The van der Waals surface area contributed by atoms with Crippen molar-refractivity contribution >= 4 is 29.0 Å². The van der Waals surface area contributed by atoms with Crippen molar-refractivity contribution in [1.29, 1.82) is 0 Å². The van der Waals surface area contributed by atoms with Crippen LogP contribution in [0, 0.1) is 0 Å². The highest BCUT2D eigenvalue weighted by Crippen LogP contribution is 2.17. The monoisotopic (exact) mass is 426 g/mol. The third-order valence-corrected chi connectivity index (χ3v) is 5.38. The predicted octanol–water partition coefficient (Wildman–Crippen LogP) is 6.12. The summed E-state index contributed by atoms with van der Waals surface area (Å²) in [6, 6.07) is 22.7. The van der Waals surface area contributed by atoms with E-state index in [9.17, 15) is 9.59 Å². The molecule has 0 spiro atoms. The van der Waals surface area contributed by atoms with Crippen LogP contribution in [0.5, 0.6) is 0 Å². The first-order valence-corrected chi connectivity index (χ1v) is 11.1. The molecule has 0 aliphatic carbocycles. The Labute approximate surface area is 190 Å². The van der Waals surface area contributed by atoms with Crippen LogP contribution in [0.15, 0.2) is 78.9 Å². The van der Waals surface area contributed by atoms with Gasteiger partial charge in [-0.15, -0.1) is 0 Å². The van der Waals surface area contributed by atoms with Gasteiger partial charge in [0.25, 0.3) is 0 Å². The quantitative estimate of drug-likeness (QED) is 0.167. The summed E-state index contributed by atoms with van der Waals surface area (Å²) in [4.78, 5) is 24.6. The fraction of sp³-hybridized carbons (Fsp3) is 0.214. The SMILES string of the molecule is Nc1cc(N)cc(C(=O)CCCCCCc2ccc(C(=O)C=Cc3ccccc3)cc2)c1. The fourth-order valence-corrected chi connectivity index (χ4v) is 3.62. The largest absolute Gasteiger partial charge is 0.399 e. The minimum absolute atomic E-state index is 0.00648. The van der Waals surface area contributed by atoms with Gasteiger partial charge >= 0.3 is 0 Å². The highest BCUT2D eigenvalue weighted by Gasteiger charge is 2.07. The molecule has 0 aromatic heterocycles. The maximum Gasteiger partial charge on any atom is 0.185 e. The van der Waals surface area contributed by atoms with Crippen molar-refractivity contribution in [2.45, 2.75) is 38.5 Å². The summed E-state index contributed by atoms with van der Waals surface area (Å²) in [5.41, 5.74) is 16.1. The minimum atomic E-state index is 0.00648. The van der Waals surface area contributed by atoms with E-state index >= 15 is 0 Å². The molecular weight excluding hydrogens is 396 g/mol. The predicted molar refractivity (Wildman–Crippen MR) is 133 cm³/mol. The normalized spacial score (nSPS) is 11.0. The number of aryl methyl sites for hydroxylation is 1. The average Bonchev–Trinajstić information content (AvgIpc) is 2.80. The summed E-state index contributed by atoms with van der Waals surface area (Å²) >= 11 is 0. The van der Waals surface area contributed by atoms with Gasteiger partial charge in [-0.2, -0.15) is 0 Å². The first-order chi connectivity index (χ1) is 15.5. The molecule has 0 heterocycles. The molecular formula is C28H30N2O2. The van der Waals surface area contributed by atoms with Gasteiger partial charge in [0.15, 0.2) is 11.6 Å². The van der Waals surface area contributed by atoms with Crippen LogP contribution in [0.3, 0.4) is 0 Å². The maximum absolute atomic E-state index is 12.3. The molecule has 164 valence electrons. The zero-order valence-corrected chi connectivity index (χ0v) is 18.3. The topological polar surface area (TPSA) is 86.2 Å². The molecule has 3 aromatic rings. The van der Waals surface area contributed by atoms with Gasteiger partial charge < -0.3 is 11.5 Å². The number of carbonyl (C=O) groups is 2. The molecule has 4 N–H and O–H groups in total. The van der Waals surface area contributed by atoms with Gasteiger partial charge in [-0.1, -0.05) is 73.5 Å². The number of Topliss-reactive ketones (excluding diaryl/α,β-unsaturated/α-hetero) is 1. The van der Waals surface area contributed by atoms with Crippen molar-refractivity contribution in [2.75, 3.05) is 11.5 Å². The molecule has 4 nitrogen and oxygen atoms in total. The number of hydrogen-bond acceptors (Lipinski definition) is 4. The molecule has 0 bridgehead atoms. The van der Waals surface area contributed by atoms with Crippen molar-refractivity contribution in [2.24, 2.45) is 0 Å². The second-order valence-electron chi connectivity index (χ2n) is 8.03. The zero-order chi connectivity index (χ0) is 22.8. The van der Waals surface area contributed by atoms with E-state index in [2.05, 4.69) is 0 Å². The number of nitrogens with two attached hydrogens (primary N) is 2. The molecule has 32 heavy (non-hydrogen) atoms. The first kappa shape index (κ1) is 23.0. The second kappa shape index (κ2) is 11.7. The first-order valence-electron chi connectivity index (χ1n) is 11.1. The average molecular weight is 427 g/mol. The van der Waals surface area contributed by atoms with Crippen molar-refractivity contribution < 1.29 is 9.59 Å². The van der Waals surface area contributed by atoms with Crippen molar-refractivity contribution in [3.8, 4) is 0 Å². The lowest BCUT2D eigenvalue weighted by molar-refractivity contribution is 0.0978. The van der Waals surface area contributed by atoms with Crippen LogP contribution in [0.2, 0.25) is 0 Å². The van der Waals surface area contributed by atoms with Crippen LogP contribution < -0.4 is 11.5 Å². The van der Waals surface area contributed by atoms with Crippen LogP contribution in [0.1, 0.15) is 63.9 Å². The molecule has 0 fully saturated rings. The maximum atomic E-state index is 12.3. The van der Waals surface area contributed by atoms with Gasteiger partial charge in [-0.25, -0.2) is 0 Å². The third kappa shape index (κ3) is 7.24. The summed E-state index contributed by atoms with van der Waals surface area (Å²) in [5, 5.41) is 0. The molecule has 3 aromatic carbocycles. The van der Waals surface area contributed by atoms with E-state index in [4.69, 9.17) is 11.5 Å². The van der Waals surface area contributed by atoms with Gasteiger partial charge in [-0.05, 0) is 54.7 Å². The molecule has 0 aliphatic rings. The fourth-order valence-electron chi connectivity index (χ4n) is 3.62. The lowest BCUT2D eigenvalue weighted by atomic mass is 10.0. The van der Waals surface area contributed by atoms with E-state index < -0.39 is 0 Å². The zero-order valence-electron chi connectivity index (χ0n) is 18.3. The Hall–Kier alpha value is -3.66. The van der Waals surface area contributed by atoms with Crippen LogP contribution >= 0.6 is 0 Å².